The smallest absolute Gasteiger partial charge is 0.279 e. The Morgan fingerprint density at radius 1 is 1.07 bits per heavy atom. The zero-order valence-corrected chi connectivity index (χ0v) is 15.9. The van der Waals surface area contributed by atoms with Crippen molar-refractivity contribution in [2.45, 2.75) is 6.54 Å². The molecule has 142 valence electrons. The largest absolute Gasteiger partial charge is 0.503 e. The molecular formula is C19H14Cl2N4O3. The molecule has 1 N–H and O–H groups in total. The monoisotopic (exact) mass is 416 g/mol. The standard InChI is InChI=1S/C19H13ClN4O3.ClH/c20-13-3-1-12(2-4-13)9-24-8-7-23-10-14(15-5-6-21-11-22-15)17(25)18(26)16(23)19(24)27;/h1-8,10-11,26H,9H2;1H. The number of hydrogen-bond donors (Lipinski definition) is 1. The highest BCUT2D eigenvalue weighted by atomic mass is 35.5. The van der Waals surface area contributed by atoms with Crippen molar-refractivity contribution in [3.8, 4) is 17.0 Å². The lowest BCUT2D eigenvalue weighted by atomic mass is 10.1. The molecule has 0 aliphatic rings. The van der Waals surface area contributed by atoms with Crippen LogP contribution >= 0.6 is 24.0 Å². The van der Waals surface area contributed by atoms with Crippen molar-refractivity contribution in [3.63, 3.8) is 0 Å². The minimum atomic E-state index is -0.657. The third kappa shape index (κ3) is 3.49. The van der Waals surface area contributed by atoms with E-state index in [9.17, 15) is 14.7 Å². The van der Waals surface area contributed by atoms with Gasteiger partial charge in [-0.25, -0.2) is 9.97 Å². The Hall–Kier alpha value is -3.16. The minimum Gasteiger partial charge on any atom is -0.503 e. The van der Waals surface area contributed by atoms with E-state index in [1.165, 1.54) is 27.7 Å². The highest BCUT2D eigenvalue weighted by Crippen LogP contribution is 2.18. The Kier molecular flexibility index (Phi) is 5.48. The van der Waals surface area contributed by atoms with Crippen molar-refractivity contribution in [3.05, 3.63) is 92.6 Å². The number of benzene rings is 1. The summed E-state index contributed by atoms with van der Waals surface area (Å²) in [4.78, 5) is 33.2. The van der Waals surface area contributed by atoms with Crippen LogP contribution in [0.25, 0.3) is 16.8 Å². The van der Waals surface area contributed by atoms with E-state index >= 15 is 0 Å². The van der Waals surface area contributed by atoms with E-state index in [1.54, 1.807) is 30.6 Å². The van der Waals surface area contributed by atoms with Crippen LogP contribution in [0.4, 0.5) is 0 Å². The van der Waals surface area contributed by atoms with Gasteiger partial charge in [0.05, 0.1) is 17.8 Å². The van der Waals surface area contributed by atoms with Crippen LogP contribution < -0.4 is 11.0 Å². The molecule has 3 aromatic heterocycles. The van der Waals surface area contributed by atoms with Gasteiger partial charge in [0, 0.05) is 29.8 Å². The quantitative estimate of drug-likeness (QED) is 0.554. The van der Waals surface area contributed by atoms with Gasteiger partial charge in [-0.3, -0.25) is 9.59 Å². The van der Waals surface area contributed by atoms with Gasteiger partial charge in [0.1, 0.15) is 6.33 Å². The lowest BCUT2D eigenvalue weighted by Crippen LogP contribution is -2.24. The number of hydrogen-bond acceptors (Lipinski definition) is 5. The summed E-state index contributed by atoms with van der Waals surface area (Å²) in [6.45, 7) is 0.286. The van der Waals surface area contributed by atoms with Gasteiger partial charge in [0.15, 0.2) is 11.3 Å². The zero-order valence-electron chi connectivity index (χ0n) is 14.3. The molecule has 9 heteroatoms. The maximum absolute atomic E-state index is 12.8. The molecule has 0 spiro atoms. The first-order chi connectivity index (χ1) is 13.0. The van der Waals surface area contributed by atoms with E-state index in [0.717, 1.165) is 5.56 Å². The van der Waals surface area contributed by atoms with E-state index in [2.05, 4.69) is 9.97 Å². The first kappa shape index (κ1) is 19.6. The Labute approximate surface area is 169 Å². The fourth-order valence-corrected chi connectivity index (χ4v) is 2.97. The highest BCUT2D eigenvalue weighted by Gasteiger charge is 2.16. The molecule has 0 aliphatic carbocycles. The molecule has 4 rings (SSSR count). The summed E-state index contributed by atoms with van der Waals surface area (Å²) in [7, 11) is 0. The van der Waals surface area contributed by atoms with Crippen LogP contribution in [-0.4, -0.2) is 24.0 Å². The Morgan fingerprint density at radius 3 is 2.50 bits per heavy atom. The summed E-state index contributed by atoms with van der Waals surface area (Å²) < 4.78 is 2.84. The van der Waals surface area contributed by atoms with Gasteiger partial charge in [0.2, 0.25) is 5.43 Å². The Morgan fingerprint density at radius 2 is 1.82 bits per heavy atom. The minimum absolute atomic E-state index is 0. The summed E-state index contributed by atoms with van der Waals surface area (Å²) in [6, 6.07) is 8.65. The summed E-state index contributed by atoms with van der Waals surface area (Å²) in [5, 5.41) is 11.0. The van der Waals surface area contributed by atoms with Crippen LogP contribution in [-0.2, 0) is 6.54 Å². The van der Waals surface area contributed by atoms with Gasteiger partial charge in [-0.05, 0) is 23.8 Å². The maximum atomic E-state index is 12.8. The summed E-state index contributed by atoms with van der Waals surface area (Å²) in [5.41, 5.74) is 0.193. The molecule has 0 aliphatic heterocycles. The number of halogens is 2. The van der Waals surface area contributed by atoms with Crippen molar-refractivity contribution in [2.75, 3.05) is 0 Å². The predicted octanol–water partition coefficient (Wildman–Crippen LogP) is 2.75. The van der Waals surface area contributed by atoms with Crippen LogP contribution in [0.3, 0.4) is 0 Å². The number of fused-ring (bicyclic) bond motifs is 1. The molecule has 0 atom stereocenters. The van der Waals surface area contributed by atoms with Gasteiger partial charge in [-0.15, -0.1) is 12.4 Å². The molecule has 1 aromatic carbocycles. The second-order valence-electron chi connectivity index (χ2n) is 5.93. The van der Waals surface area contributed by atoms with Gasteiger partial charge in [0.25, 0.3) is 5.56 Å². The molecule has 28 heavy (non-hydrogen) atoms. The molecule has 0 bridgehead atoms. The molecule has 0 amide bonds. The molecule has 0 saturated heterocycles. The number of aromatic nitrogens is 4. The predicted molar refractivity (Wildman–Crippen MR) is 108 cm³/mol. The second-order valence-corrected chi connectivity index (χ2v) is 6.37. The normalized spacial score (nSPS) is 10.6. The molecule has 3 heterocycles. The van der Waals surface area contributed by atoms with Crippen LogP contribution in [0.5, 0.6) is 5.75 Å². The van der Waals surface area contributed by atoms with Crippen molar-refractivity contribution in [1.29, 1.82) is 0 Å². The van der Waals surface area contributed by atoms with Crippen LogP contribution in [0.15, 0.2) is 71.0 Å². The van der Waals surface area contributed by atoms with E-state index in [0.29, 0.717) is 10.7 Å². The molecule has 0 radical (unpaired) electrons. The van der Waals surface area contributed by atoms with E-state index in [4.69, 9.17) is 11.6 Å². The van der Waals surface area contributed by atoms with Crippen LogP contribution in [0.1, 0.15) is 5.56 Å². The third-order valence-corrected chi connectivity index (χ3v) is 4.46. The van der Waals surface area contributed by atoms with Crippen molar-refractivity contribution >= 4 is 29.5 Å². The number of rotatable bonds is 3. The molecule has 4 aromatic rings. The van der Waals surface area contributed by atoms with Gasteiger partial charge in [-0.2, -0.15) is 0 Å². The Balaban J connectivity index is 0.00000225. The molecule has 0 unspecified atom stereocenters. The topological polar surface area (TPSA) is 89.5 Å². The lowest BCUT2D eigenvalue weighted by molar-refractivity contribution is 0.472. The highest BCUT2D eigenvalue weighted by molar-refractivity contribution is 6.30. The third-order valence-electron chi connectivity index (χ3n) is 4.21. The number of aromatic hydroxyl groups is 1. The summed E-state index contributed by atoms with van der Waals surface area (Å²) >= 11 is 5.88. The van der Waals surface area contributed by atoms with Crippen molar-refractivity contribution < 1.29 is 5.11 Å². The van der Waals surface area contributed by atoms with Crippen LogP contribution in [0, 0.1) is 0 Å². The fourth-order valence-electron chi connectivity index (χ4n) is 2.85. The SMILES string of the molecule is Cl.O=c1c(-c2ccncn2)cn2ccn(Cc3ccc(Cl)cc3)c(=O)c2c1O. The fraction of sp³-hybridized carbons (Fsp3) is 0.0526. The van der Waals surface area contributed by atoms with E-state index < -0.39 is 16.7 Å². The van der Waals surface area contributed by atoms with Crippen molar-refractivity contribution in [1.82, 2.24) is 18.9 Å². The number of pyridine rings is 1. The van der Waals surface area contributed by atoms with Gasteiger partial charge in [-0.1, -0.05) is 23.7 Å². The summed E-state index contributed by atoms with van der Waals surface area (Å²) in [5.74, 6) is -0.610. The molecule has 0 fully saturated rings. The van der Waals surface area contributed by atoms with Gasteiger partial charge >= 0.3 is 0 Å². The maximum Gasteiger partial charge on any atom is 0.279 e. The van der Waals surface area contributed by atoms with Crippen molar-refractivity contribution in [2.24, 2.45) is 0 Å². The van der Waals surface area contributed by atoms with E-state index in [1.807, 2.05) is 12.1 Å². The molecule has 0 saturated carbocycles. The number of nitrogens with zero attached hydrogens (tertiary/aromatic N) is 4. The lowest BCUT2D eigenvalue weighted by Gasteiger charge is -2.11. The van der Waals surface area contributed by atoms with E-state index in [-0.39, 0.29) is 30.0 Å². The zero-order chi connectivity index (χ0) is 19.0. The average molecular weight is 417 g/mol. The first-order valence-electron chi connectivity index (χ1n) is 8.03. The summed E-state index contributed by atoms with van der Waals surface area (Å²) in [6.07, 6.45) is 7.49. The first-order valence-corrected chi connectivity index (χ1v) is 8.40. The van der Waals surface area contributed by atoms with Crippen LogP contribution in [0.2, 0.25) is 5.02 Å². The van der Waals surface area contributed by atoms with Gasteiger partial charge < -0.3 is 14.1 Å². The second kappa shape index (κ2) is 7.84. The molecule has 7 nitrogen and oxygen atoms in total. The Bertz CT molecular complexity index is 1250. The molecular weight excluding hydrogens is 403 g/mol. The average Bonchev–Trinajstić information content (AvgIpc) is 2.69.